The van der Waals surface area contributed by atoms with Crippen molar-refractivity contribution in [1.29, 1.82) is 0 Å². The number of aromatic hydroxyl groups is 1. The maximum absolute atomic E-state index is 14.1. The van der Waals surface area contributed by atoms with Crippen LogP contribution in [0, 0.1) is 11.8 Å². The van der Waals surface area contributed by atoms with Crippen molar-refractivity contribution in [3.63, 3.8) is 0 Å². The monoisotopic (exact) mass is 561 g/mol. The van der Waals surface area contributed by atoms with E-state index in [1.807, 2.05) is 55.4 Å². The Kier molecular flexibility index (Phi) is 6.95. The number of likely N-dealkylation sites (N-methyl/N-ethyl adjacent to an activating group) is 1. The highest BCUT2D eigenvalue weighted by Crippen LogP contribution is 2.54. The number of fused-ring (bicyclic) bond motifs is 3. The quantitative estimate of drug-likeness (QED) is 0.331. The van der Waals surface area contributed by atoms with Gasteiger partial charge in [-0.1, -0.05) is 30.3 Å². The van der Waals surface area contributed by atoms with E-state index in [0.717, 1.165) is 11.3 Å². The number of anilines is 1. The number of phenols is 1. The van der Waals surface area contributed by atoms with Crippen LogP contribution in [0.3, 0.4) is 0 Å². The fraction of sp³-hybridized carbons (Fsp3) is 0.387. The number of rotatable bonds is 6. The number of hydrogen-bond donors (Lipinski definition) is 5. The molecule has 0 saturated heterocycles. The summed E-state index contributed by atoms with van der Waals surface area (Å²) in [5.74, 6) is -6.51. The predicted molar refractivity (Wildman–Crippen MR) is 152 cm³/mol. The molecule has 0 aliphatic heterocycles. The second-order valence-corrected chi connectivity index (χ2v) is 11.6. The van der Waals surface area contributed by atoms with Gasteiger partial charge in [-0.3, -0.25) is 19.3 Å². The fourth-order valence-corrected chi connectivity index (χ4v) is 6.86. The molecule has 41 heavy (non-hydrogen) atoms. The van der Waals surface area contributed by atoms with Gasteiger partial charge < -0.3 is 31.1 Å². The molecule has 0 bridgehead atoms. The van der Waals surface area contributed by atoms with Crippen molar-refractivity contribution >= 4 is 28.9 Å². The Morgan fingerprint density at radius 1 is 1.05 bits per heavy atom. The normalized spacial score (nSPS) is 25.7. The number of ketones is 2. The molecule has 6 N–H and O–H groups in total. The summed E-state index contributed by atoms with van der Waals surface area (Å²) < 4.78 is 0. The van der Waals surface area contributed by atoms with Gasteiger partial charge in [-0.05, 0) is 68.5 Å². The van der Waals surface area contributed by atoms with Gasteiger partial charge >= 0.3 is 0 Å². The zero-order valence-electron chi connectivity index (χ0n) is 23.5. The van der Waals surface area contributed by atoms with Crippen LogP contribution in [-0.4, -0.2) is 82.6 Å². The van der Waals surface area contributed by atoms with E-state index in [1.54, 1.807) is 14.1 Å². The van der Waals surface area contributed by atoms with E-state index in [0.29, 0.717) is 24.0 Å². The zero-order valence-corrected chi connectivity index (χ0v) is 23.5. The lowest BCUT2D eigenvalue weighted by Crippen LogP contribution is -2.65. The van der Waals surface area contributed by atoms with Crippen molar-refractivity contribution in [3.05, 3.63) is 75.6 Å². The van der Waals surface area contributed by atoms with Crippen molar-refractivity contribution in [3.8, 4) is 5.75 Å². The van der Waals surface area contributed by atoms with Gasteiger partial charge in [0.25, 0.3) is 5.91 Å². The number of primary amides is 1. The van der Waals surface area contributed by atoms with Crippen molar-refractivity contribution in [2.24, 2.45) is 17.6 Å². The fourth-order valence-electron chi connectivity index (χ4n) is 6.86. The second kappa shape index (κ2) is 10.0. The number of nitrogens with two attached hydrogens (primary N) is 1. The van der Waals surface area contributed by atoms with Gasteiger partial charge in [0, 0.05) is 31.3 Å². The van der Waals surface area contributed by atoms with Gasteiger partial charge in [0.2, 0.25) is 5.78 Å². The molecule has 2 aromatic rings. The molecule has 0 unspecified atom stereocenters. The Bertz CT molecular complexity index is 1530. The first-order valence-corrected chi connectivity index (χ1v) is 13.5. The zero-order chi connectivity index (χ0) is 30.0. The third kappa shape index (κ3) is 4.20. The number of aliphatic hydroxyl groups is 3. The standard InChI is InChI=1S/C31H35N3O7/c1-33(2)20-14-16(11-10-15-8-6-5-7-9-15)25(35)22-18(20)12-17-13-19-24(34(3)4)27(37)23(30(32)40)29(39)31(19,41)28(38)21(17)26(22)36/h5-9,14,17,19,24,35-36,39,41H,10-13H2,1-4H3,(H2,32,40)/t17-,19-,24-,31-/m0/s1. The van der Waals surface area contributed by atoms with E-state index >= 15 is 0 Å². The Hall–Kier alpha value is -4.15. The minimum Gasteiger partial charge on any atom is -0.508 e. The summed E-state index contributed by atoms with van der Waals surface area (Å²) in [5, 5.41) is 45.9. The van der Waals surface area contributed by atoms with Gasteiger partial charge in [0.1, 0.15) is 22.8 Å². The van der Waals surface area contributed by atoms with Crippen molar-refractivity contribution < 1.29 is 34.8 Å². The molecule has 3 aliphatic carbocycles. The maximum atomic E-state index is 14.1. The first-order chi connectivity index (χ1) is 19.3. The highest BCUT2D eigenvalue weighted by atomic mass is 16.3. The number of hydrogen-bond acceptors (Lipinski definition) is 9. The van der Waals surface area contributed by atoms with Crippen LogP contribution in [0.2, 0.25) is 0 Å². The summed E-state index contributed by atoms with van der Waals surface area (Å²) in [6, 6.07) is 10.5. The summed E-state index contributed by atoms with van der Waals surface area (Å²) >= 11 is 0. The van der Waals surface area contributed by atoms with Crippen molar-refractivity contribution in [2.75, 3.05) is 33.1 Å². The van der Waals surface area contributed by atoms with Crippen molar-refractivity contribution in [2.45, 2.75) is 37.3 Å². The average Bonchev–Trinajstić information content (AvgIpc) is 2.90. The summed E-state index contributed by atoms with van der Waals surface area (Å²) in [7, 11) is 6.86. The molecule has 0 radical (unpaired) electrons. The highest BCUT2D eigenvalue weighted by molar-refractivity contribution is 6.24. The van der Waals surface area contributed by atoms with E-state index in [9.17, 15) is 34.8 Å². The number of nitrogens with zero attached hydrogens (tertiary/aromatic N) is 2. The molecule has 2 aromatic carbocycles. The molecule has 5 rings (SSSR count). The van der Waals surface area contributed by atoms with Crippen LogP contribution in [0.4, 0.5) is 5.69 Å². The van der Waals surface area contributed by atoms with E-state index in [4.69, 9.17) is 5.73 Å². The largest absolute Gasteiger partial charge is 0.508 e. The molecule has 0 heterocycles. The number of carbonyl (C=O) groups excluding carboxylic acids is 3. The van der Waals surface area contributed by atoms with Crippen LogP contribution < -0.4 is 10.6 Å². The highest BCUT2D eigenvalue weighted by Gasteiger charge is 2.64. The lowest BCUT2D eigenvalue weighted by atomic mass is 9.57. The molecule has 0 aromatic heterocycles. The summed E-state index contributed by atoms with van der Waals surface area (Å²) in [6.45, 7) is 0. The summed E-state index contributed by atoms with van der Waals surface area (Å²) in [6.07, 6.45) is 1.40. The van der Waals surface area contributed by atoms with Gasteiger partial charge in [-0.25, -0.2) is 0 Å². The summed E-state index contributed by atoms with van der Waals surface area (Å²) in [5.41, 5.74) is 4.92. The molecular formula is C31H35N3O7. The van der Waals surface area contributed by atoms with Gasteiger partial charge in [-0.15, -0.1) is 0 Å². The van der Waals surface area contributed by atoms with Crippen LogP contribution in [-0.2, 0) is 33.6 Å². The molecule has 1 fully saturated rings. The Morgan fingerprint density at radius 2 is 1.71 bits per heavy atom. The van der Waals surface area contributed by atoms with E-state index < -0.39 is 58.0 Å². The number of Topliss-reactive ketones (excluding diaryl/α,β-unsaturated/α-hetero) is 2. The Labute approximate surface area is 238 Å². The lowest BCUT2D eigenvalue weighted by molar-refractivity contribution is -0.153. The number of amides is 1. The van der Waals surface area contributed by atoms with Crippen LogP contribution in [0.25, 0.3) is 5.76 Å². The van der Waals surface area contributed by atoms with Gasteiger partial charge in [0.15, 0.2) is 11.4 Å². The maximum Gasteiger partial charge on any atom is 0.255 e. The third-order valence-electron chi connectivity index (χ3n) is 8.78. The number of aryl methyl sites for hydroxylation is 2. The van der Waals surface area contributed by atoms with Gasteiger partial charge in [0.05, 0.1) is 11.6 Å². The minimum absolute atomic E-state index is 0.0507. The molecule has 1 amide bonds. The molecule has 0 spiro atoms. The topological polar surface area (TPSA) is 165 Å². The van der Waals surface area contributed by atoms with E-state index in [1.165, 1.54) is 4.90 Å². The predicted octanol–water partition coefficient (Wildman–Crippen LogP) is 1.82. The molecule has 4 atom stereocenters. The third-order valence-corrected chi connectivity index (χ3v) is 8.78. The Morgan fingerprint density at radius 3 is 2.29 bits per heavy atom. The van der Waals surface area contributed by atoms with E-state index in [-0.39, 0.29) is 29.7 Å². The van der Waals surface area contributed by atoms with Gasteiger partial charge in [-0.2, -0.15) is 0 Å². The summed E-state index contributed by atoms with van der Waals surface area (Å²) in [4.78, 5) is 42.9. The first kappa shape index (κ1) is 28.4. The molecule has 10 nitrogen and oxygen atoms in total. The van der Waals surface area contributed by atoms with Crippen LogP contribution in [0.15, 0.2) is 53.3 Å². The van der Waals surface area contributed by atoms with E-state index in [2.05, 4.69) is 0 Å². The molecular weight excluding hydrogens is 526 g/mol. The van der Waals surface area contributed by atoms with Crippen molar-refractivity contribution in [1.82, 2.24) is 4.90 Å². The number of phenolic OH excluding ortho intramolecular Hbond substituents is 1. The number of aliphatic hydroxyl groups excluding tert-OH is 2. The SMILES string of the molecule is CN(C)c1cc(CCc2ccccc2)c(O)c2c1C[C@H]1C[C@H]3[C@H](N(C)C)C(=O)C(C(N)=O)=C(O)[C@@]3(O)C(=O)C1=C2O. The number of carbonyl (C=O) groups is 3. The second-order valence-electron chi connectivity index (χ2n) is 11.6. The smallest absolute Gasteiger partial charge is 0.255 e. The molecule has 216 valence electrons. The minimum atomic E-state index is -2.66. The van der Waals surface area contributed by atoms with Crippen LogP contribution in [0.5, 0.6) is 5.75 Å². The lowest BCUT2D eigenvalue weighted by Gasteiger charge is -2.50. The average molecular weight is 562 g/mol. The van der Waals surface area contributed by atoms with Crippen LogP contribution >= 0.6 is 0 Å². The van der Waals surface area contributed by atoms with Crippen LogP contribution in [0.1, 0.15) is 28.7 Å². The molecule has 1 saturated carbocycles. The Balaban J connectivity index is 1.68. The number of benzene rings is 2. The molecule has 10 heteroatoms. The first-order valence-electron chi connectivity index (χ1n) is 13.5. The molecule has 3 aliphatic rings.